The van der Waals surface area contributed by atoms with Crippen LogP contribution in [0.1, 0.15) is 36.9 Å². The molecule has 0 spiro atoms. The summed E-state index contributed by atoms with van der Waals surface area (Å²) in [6, 6.07) is 8.27. The highest BCUT2D eigenvalue weighted by atomic mass is 32.1. The molecule has 0 radical (unpaired) electrons. The Kier molecular flexibility index (Phi) is 5.29. The molecule has 2 heterocycles. The van der Waals surface area contributed by atoms with E-state index in [0.29, 0.717) is 13.2 Å². The molecular weight excluding hydrogens is 268 g/mol. The molecule has 2 rings (SSSR count). The van der Waals surface area contributed by atoms with Crippen molar-refractivity contribution in [1.82, 2.24) is 10.3 Å². The highest BCUT2D eigenvalue weighted by molar-refractivity contribution is 7.09. The van der Waals surface area contributed by atoms with E-state index < -0.39 is 0 Å². The van der Waals surface area contributed by atoms with Crippen molar-refractivity contribution >= 4 is 11.3 Å². The average molecular weight is 290 g/mol. The van der Waals surface area contributed by atoms with E-state index >= 15 is 0 Å². The van der Waals surface area contributed by atoms with E-state index in [-0.39, 0.29) is 5.54 Å². The fraction of sp³-hybridized carbons (Fsp3) is 0.438. The molecule has 0 bridgehead atoms. The molecule has 20 heavy (non-hydrogen) atoms. The fourth-order valence-corrected chi connectivity index (χ4v) is 2.30. The van der Waals surface area contributed by atoms with Gasteiger partial charge in [0, 0.05) is 23.2 Å². The van der Waals surface area contributed by atoms with Gasteiger partial charge in [-0.3, -0.25) is 4.98 Å². The number of pyridine rings is 1. The molecule has 0 aromatic carbocycles. The lowest BCUT2D eigenvalue weighted by atomic mass is 10.1. The van der Waals surface area contributed by atoms with E-state index in [1.807, 2.05) is 18.3 Å². The van der Waals surface area contributed by atoms with E-state index in [1.165, 1.54) is 10.4 Å². The van der Waals surface area contributed by atoms with E-state index in [9.17, 15) is 0 Å². The normalized spacial score (nSPS) is 11.8. The van der Waals surface area contributed by atoms with Crippen LogP contribution in [0.25, 0.3) is 0 Å². The second kappa shape index (κ2) is 6.97. The van der Waals surface area contributed by atoms with Gasteiger partial charge < -0.3 is 10.1 Å². The predicted molar refractivity (Wildman–Crippen MR) is 83.6 cm³/mol. The van der Waals surface area contributed by atoms with Gasteiger partial charge in [0.2, 0.25) is 0 Å². The van der Waals surface area contributed by atoms with Crippen LogP contribution in [0.3, 0.4) is 0 Å². The Morgan fingerprint density at radius 2 is 2.05 bits per heavy atom. The van der Waals surface area contributed by atoms with E-state index in [1.54, 1.807) is 11.3 Å². The monoisotopic (exact) mass is 290 g/mol. The summed E-state index contributed by atoms with van der Waals surface area (Å²) in [5, 5.41) is 5.51. The number of aromatic nitrogens is 1. The number of hydrogen-bond acceptors (Lipinski definition) is 4. The van der Waals surface area contributed by atoms with Crippen LogP contribution in [0.15, 0.2) is 35.8 Å². The van der Waals surface area contributed by atoms with Crippen molar-refractivity contribution in [3.05, 3.63) is 52.0 Å². The van der Waals surface area contributed by atoms with Crippen LogP contribution in [0.2, 0.25) is 0 Å². The standard InChI is InChI=1S/C16H22N2OS/c1-16(2,3)18-10-13-6-7-14(17-9-13)11-19-12-15-5-4-8-20-15/h4-9,18H,10-12H2,1-3H3. The summed E-state index contributed by atoms with van der Waals surface area (Å²) in [7, 11) is 0. The molecule has 0 amide bonds. The lowest BCUT2D eigenvalue weighted by Crippen LogP contribution is -2.35. The third-order valence-electron chi connectivity index (χ3n) is 2.78. The molecule has 2 aromatic heterocycles. The van der Waals surface area contributed by atoms with Crippen molar-refractivity contribution in [1.29, 1.82) is 0 Å². The summed E-state index contributed by atoms with van der Waals surface area (Å²) in [5.41, 5.74) is 2.30. The quantitative estimate of drug-likeness (QED) is 0.880. The Morgan fingerprint density at radius 1 is 1.20 bits per heavy atom. The first-order chi connectivity index (χ1) is 9.53. The van der Waals surface area contributed by atoms with Gasteiger partial charge in [0.15, 0.2) is 0 Å². The van der Waals surface area contributed by atoms with E-state index in [0.717, 1.165) is 12.2 Å². The van der Waals surface area contributed by atoms with Crippen LogP contribution >= 0.6 is 11.3 Å². The molecule has 0 fully saturated rings. The lowest BCUT2D eigenvalue weighted by Gasteiger charge is -2.20. The van der Waals surface area contributed by atoms with Gasteiger partial charge in [-0.2, -0.15) is 0 Å². The minimum atomic E-state index is 0.127. The van der Waals surface area contributed by atoms with E-state index in [4.69, 9.17) is 4.74 Å². The van der Waals surface area contributed by atoms with Crippen molar-refractivity contribution < 1.29 is 4.74 Å². The molecule has 0 saturated heterocycles. The number of ether oxygens (including phenoxy) is 1. The summed E-state index contributed by atoms with van der Waals surface area (Å²) >= 11 is 1.72. The fourth-order valence-electron chi connectivity index (χ4n) is 1.66. The van der Waals surface area contributed by atoms with E-state index in [2.05, 4.69) is 48.6 Å². The molecule has 2 aromatic rings. The van der Waals surface area contributed by atoms with Crippen LogP contribution in [-0.4, -0.2) is 10.5 Å². The van der Waals surface area contributed by atoms with Crippen LogP contribution in [0.5, 0.6) is 0 Å². The topological polar surface area (TPSA) is 34.1 Å². The summed E-state index contributed by atoms with van der Waals surface area (Å²) in [6.45, 7) is 8.54. The molecule has 0 aliphatic carbocycles. The van der Waals surface area contributed by atoms with Gasteiger partial charge in [0.05, 0.1) is 18.9 Å². The molecule has 0 aliphatic rings. The zero-order valence-electron chi connectivity index (χ0n) is 12.3. The Hall–Kier alpha value is -1.23. The highest BCUT2D eigenvalue weighted by Crippen LogP contribution is 2.11. The molecule has 0 aliphatic heterocycles. The first kappa shape index (κ1) is 15.2. The van der Waals surface area contributed by atoms with Gasteiger partial charge in [-0.05, 0) is 43.8 Å². The molecule has 3 nitrogen and oxygen atoms in total. The molecule has 0 atom stereocenters. The van der Waals surface area contributed by atoms with Crippen LogP contribution in [0, 0.1) is 0 Å². The molecular formula is C16H22N2OS. The number of nitrogens with zero attached hydrogens (tertiary/aromatic N) is 1. The minimum Gasteiger partial charge on any atom is -0.370 e. The van der Waals surface area contributed by atoms with Gasteiger partial charge in [0.25, 0.3) is 0 Å². The molecule has 1 N–H and O–H groups in total. The second-order valence-electron chi connectivity index (χ2n) is 5.83. The van der Waals surface area contributed by atoms with Crippen LogP contribution < -0.4 is 5.32 Å². The van der Waals surface area contributed by atoms with Crippen molar-refractivity contribution in [3.8, 4) is 0 Å². The van der Waals surface area contributed by atoms with Crippen LogP contribution in [0.4, 0.5) is 0 Å². The van der Waals surface area contributed by atoms with Gasteiger partial charge in [-0.25, -0.2) is 0 Å². The Bertz CT molecular complexity index is 500. The predicted octanol–water partition coefficient (Wildman–Crippen LogP) is 3.75. The Balaban J connectivity index is 1.76. The summed E-state index contributed by atoms with van der Waals surface area (Å²) in [5.74, 6) is 0. The molecule has 0 saturated carbocycles. The third-order valence-corrected chi connectivity index (χ3v) is 3.63. The van der Waals surface area contributed by atoms with Gasteiger partial charge >= 0.3 is 0 Å². The highest BCUT2D eigenvalue weighted by Gasteiger charge is 2.08. The number of nitrogens with one attached hydrogen (secondary N) is 1. The van der Waals surface area contributed by atoms with Crippen molar-refractivity contribution in [2.24, 2.45) is 0 Å². The SMILES string of the molecule is CC(C)(C)NCc1ccc(COCc2cccs2)nc1. The van der Waals surface area contributed by atoms with Gasteiger partial charge in [-0.1, -0.05) is 12.1 Å². The number of hydrogen-bond donors (Lipinski definition) is 1. The first-order valence-electron chi connectivity index (χ1n) is 6.82. The summed E-state index contributed by atoms with van der Waals surface area (Å²) in [4.78, 5) is 5.68. The minimum absolute atomic E-state index is 0.127. The molecule has 108 valence electrons. The van der Waals surface area contributed by atoms with Crippen LogP contribution in [-0.2, 0) is 24.5 Å². The van der Waals surface area contributed by atoms with Gasteiger partial charge in [-0.15, -0.1) is 11.3 Å². The maximum absolute atomic E-state index is 5.65. The third kappa shape index (κ3) is 5.41. The smallest absolute Gasteiger partial charge is 0.0892 e. The maximum Gasteiger partial charge on any atom is 0.0892 e. The second-order valence-corrected chi connectivity index (χ2v) is 6.87. The van der Waals surface area contributed by atoms with Crippen molar-refractivity contribution in [2.45, 2.75) is 46.1 Å². The lowest BCUT2D eigenvalue weighted by molar-refractivity contribution is 0.106. The van der Waals surface area contributed by atoms with Gasteiger partial charge in [0.1, 0.15) is 0 Å². The molecule has 0 unspecified atom stereocenters. The summed E-state index contributed by atoms with van der Waals surface area (Å²) < 4.78 is 5.65. The zero-order valence-corrected chi connectivity index (χ0v) is 13.2. The van der Waals surface area contributed by atoms with Crippen molar-refractivity contribution in [2.75, 3.05) is 0 Å². The van der Waals surface area contributed by atoms with Crippen molar-refractivity contribution in [3.63, 3.8) is 0 Å². The zero-order chi connectivity index (χ0) is 14.4. The maximum atomic E-state index is 5.65. The Morgan fingerprint density at radius 3 is 2.65 bits per heavy atom. The Labute approximate surface area is 125 Å². The average Bonchev–Trinajstić information content (AvgIpc) is 2.90. The number of rotatable bonds is 6. The largest absolute Gasteiger partial charge is 0.370 e. The summed E-state index contributed by atoms with van der Waals surface area (Å²) in [6.07, 6.45) is 1.92. The number of thiophene rings is 1. The first-order valence-corrected chi connectivity index (χ1v) is 7.70. The molecule has 4 heteroatoms.